The number of hydrogen-bond acceptors (Lipinski definition) is 5. The lowest BCUT2D eigenvalue weighted by Gasteiger charge is -2.06. The number of benzene rings is 1. The number of nitro groups is 1. The van der Waals surface area contributed by atoms with E-state index in [2.05, 4.69) is 16.8 Å². The van der Waals surface area contributed by atoms with Crippen molar-refractivity contribution in [2.75, 3.05) is 13.2 Å². The quantitative estimate of drug-likeness (QED) is 0.480. The van der Waals surface area contributed by atoms with E-state index in [1.54, 1.807) is 23.5 Å². The molecule has 0 fully saturated rings. The highest BCUT2D eigenvalue weighted by molar-refractivity contribution is 7.07. The maximum atomic E-state index is 10.5. The molecule has 5 nitrogen and oxygen atoms in total. The maximum Gasteiger partial charge on any atom is 0.269 e. The molecule has 1 N–H and O–H groups in total. The molecule has 0 unspecified atom stereocenters. The average molecular weight is 278 g/mol. The van der Waals surface area contributed by atoms with Crippen LogP contribution in [0.5, 0.6) is 5.75 Å². The molecule has 0 amide bonds. The SMILES string of the molecule is O=[N+]([O-])c1ccc(OCCNCc2ccsc2)cc1. The van der Waals surface area contributed by atoms with E-state index >= 15 is 0 Å². The van der Waals surface area contributed by atoms with E-state index in [1.165, 1.54) is 17.7 Å². The molecule has 0 radical (unpaired) electrons. The predicted molar refractivity (Wildman–Crippen MR) is 74.6 cm³/mol. The van der Waals surface area contributed by atoms with Crippen LogP contribution in [0.3, 0.4) is 0 Å². The second-order valence-electron chi connectivity index (χ2n) is 3.91. The Labute approximate surface area is 115 Å². The standard InChI is InChI=1S/C13H14N2O3S/c16-15(17)12-1-3-13(4-2-12)18-7-6-14-9-11-5-8-19-10-11/h1-5,8,10,14H,6-7,9H2. The molecule has 0 atom stereocenters. The minimum atomic E-state index is -0.424. The van der Waals surface area contributed by atoms with Gasteiger partial charge >= 0.3 is 0 Å². The first-order valence-electron chi connectivity index (χ1n) is 5.85. The lowest BCUT2D eigenvalue weighted by atomic mass is 10.3. The third kappa shape index (κ3) is 4.35. The smallest absolute Gasteiger partial charge is 0.269 e. The molecule has 0 saturated carbocycles. The third-order valence-electron chi connectivity index (χ3n) is 2.50. The number of thiophene rings is 1. The van der Waals surface area contributed by atoms with Crippen LogP contribution in [0, 0.1) is 10.1 Å². The van der Waals surface area contributed by atoms with E-state index < -0.39 is 4.92 Å². The Bertz CT molecular complexity index is 511. The van der Waals surface area contributed by atoms with Gasteiger partial charge in [0.2, 0.25) is 0 Å². The van der Waals surface area contributed by atoms with Crippen molar-refractivity contribution < 1.29 is 9.66 Å². The zero-order valence-corrected chi connectivity index (χ0v) is 11.1. The second-order valence-corrected chi connectivity index (χ2v) is 4.69. The van der Waals surface area contributed by atoms with Gasteiger partial charge in [-0.2, -0.15) is 11.3 Å². The highest BCUT2D eigenvalue weighted by Gasteiger charge is 2.03. The van der Waals surface area contributed by atoms with E-state index in [-0.39, 0.29) is 5.69 Å². The normalized spacial score (nSPS) is 10.3. The van der Waals surface area contributed by atoms with Gasteiger partial charge in [-0.05, 0) is 34.5 Å². The van der Waals surface area contributed by atoms with Gasteiger partial charge < -0.3 is 10.1 Å². The van der Waals surface area contributed by atoms with Gasteiger partial charge in [0.05, 0.1) is 4.92 Å². The van der Waals surface area contributed by atoms with Crippen LogP contribution in [-0.4, -0.2) is 18.1 Å². The van der Waals surface area contributed by atoms with Crippen LogP contribution in [0.15, 0.2) is 41.1 Å². The Hall–Kier alpha value is -1.92. The lowest BCUT2D eigenvalue weighted by Crippen LogP contribution is -2.20. The molecule has 2 rings (SSSR count). The van der Waals surface area contributed by atoms with Crippen LogP contribution in [0.25, 0.3) is 0 Å². The van der Waals surface area contributed by atoms with Crippen LogP contribution in [-0.2, 0) is 6.54 Å². The molecule has 0 aliphatic rings. The average Bonchev–Trinajstić information content (AvgIpc) is 2.92. The van der Waals surface area contributed by atoms with Crippen LogP contribution < -0.4 is 10.1 Å². The first-order valence-corrected chi connectivity index (χ1v) is 6.79. The molecular formula is C13H14N2O3S. The van der Waals surface area contributed by atoms with Crippen molar-refractivity contribution in [3.63, 3.8) is 0 Å². The fourth-order valence-electron chi connectivity index (χ4n) is 1.53. The molecule has 0 aliphatic heterocycles. The molecule has 0 spiro atoms. The molecule has 0 aliphatic carbocycles. The summed E-state index contributed by atoms with van der Waals surface area (Å²) in [6.45, 7) is 2.09. The third-order valence-corrected chi connectivity index (χ3v) is 3.24. The van der Waals surface area contributed by atoms with Crippen LogP contribution >= 0.6 is 11.3 Å². The number of hydrogen-bond donors (Lipinski definition) is 1. The molecular weight excluding hydrogens is 264 g/mol. The summed E-state index contributed by atoms with van der Waals surface area (Å²) in [5.74, 6) is 0.642. The fourth-order valence-corrected chi connectivity index (χ4v) is 2.20. The van der Waals surface area contributed by atoms with Gasteiger partial charge in [0.1, 0.15) is 12.4 Å². The van der Waals surface area contributed by atoms with E-state index in [0.717, 1.165) is 13.1 Å². The van der Waals surface area contributed by atoms with Crippen molar-refractivity contribution in [1.29, 1.82) is 0 Å². The number of nitro benzene ring substituents is 1. The summed E-state index contributed by atoms with van der Waals surface area (Å²) >= 11 is 1.68. The minimum Gasteiger partial charge on any atom is -0.492 e. The van der Waals surface area contributed by atoms with Gasteiger partial charge in [-0.15, -0.1) is 0 Å². The molecule has 0 saturated heterocycles. The molecule has 1 heterocycles. The largest absolute Gasteiger partial charge is 0.492 e. The molecule has 1 aromatic heterocycles. The highest BCUT2D eigenvalue weighted by atomic mass is 32.1. The second kappa shape index (κ2) is 6.86. The van der Waals surface area contributed by atoms with Crippen molar-refractivity contribution in [3.8, 4) is 5.75 Å². The van der Waals surface area contributed by atoms with Crippen molar-refractivity contribution in [3.05, 3.63) is 56.8 Å². The molecule has 2 aromatic rings. The van der Waals surface area contributed by atoms with Gasteiger partial charge in [-0.3, -0.25) is 10.1 Å². The van der Waals surface area contributed by atoms with E-state index in [9.17, 15) is 10.1 Å². The number of nitrogens with zero attached hydrogens (tertiary/aromatic N) is 1. The lowest BCUT2D eigenvalue weighted by molar-refractivity contribution is -0.384. The summed E-state index contributed by atoms with van der Waals surface area (Å²) in [7, 11) is 0. The number of non-ortho nitro benzene ring substituents is 1. The van der Waals surface area contributed by atoms with Gasteiger partial charge in [0, 0.05) is 25.2 Å². The first-order chi connectivity index (χ1) is 9.25. The van der Waals surface area contributed by atoms with Gasteiger partial charge in [-0.1, -0.05) is 0 Å². The van der Waals surface area contributed by atoms with Crippen LogP contribution in [0.2, 0.25) is 0 Å². The van der Waals surface area contributed by atoms with Crippen molar-refractivity contribution in [2.24, 2.45) is 0 Å². The molecule has 6 heteroatoms. The Balaban J connectivity index is 1.66. The topological polar surface area (TPSA) is 64.4 Å². The summed E-state index contributed by atoms with van der Waals surface area (Å²) in [4.78, 5) is 10.1. The van der Waals surface area contributed by atoms with E-state index in [0.29, 0.717) is 12.4 Å². The Kier molecular flexibility index (Phi) is 4.88. The van der Waals surface area contributed by atoms with Gasteiger partial charge in [0.25, 0.3) is 5.69 Å². The maximum absolute atomic E-state index is 10.5. The summed E-state index contributed by atoms with van der Waals surface area (Å²) in [6.07, 6.45) is 0. The van der Waals surface area contributed by atoms with Gasteiger partial charge in [0.15, 0.2) is 0 Å². The van der Waals surface area contributed by atoms with E-state index in [4.69, 9.17) is 4.74 Å². The van der Waals surface area contributed by atoms with Crippen molar-refractivity contribution >= 4 is 17.0 Å². The highest BCUT2D eigenvalue weighted by Crippen LogP contribution is 2.16. The molecule has 1 aromatic carbocycles. The number of ether oxygens (including phenoxy) is 1. The Morgan fingerprint density at radius 1 is 1.26 bits per heavy atom. The van der Waals surface area contributed by atoms with Crippen molar-refractivity contribution in [1.82, 2.24) is 5.32 Å². The summed E-state index contributed by atoms with van der Waals surface area (Å²) in [6, 6.07) is 8.17. The summed E-state index contributed by atoms with van der Waals surface area (Å²) in [5.41, 5.74) is 1.34. The molecule has 100 valence electrons. The minimum absolute atomic E-state index is 0.0722. The summed E-state index contributed by atoms with van der Waals surface area (Å²) < 4.78 is 5.48. The van der Waals surface area contributed by atoms with Crippen LogP contribution in [0.4, 0.5) is 5.69 Å². The predicted octanol–water partition coefficient (Wildman–Crippen LogP) is 2.82. The monoisotopic (exact) mass is 278 g/mol. The fraction of sp³-hybridized carbons (Fsp3) is 0.231. The van der Waals surface area contributed by atoms with Gasteiger partial charge in [-0.25, -0.2) is 0 Å². The zero-order chi connectivity index (χ0) is 13.5. The number of rotatable bonds is 7. The zero-order valence-electron chi connectivity index (χ0n) is 10.2. The number of nitrogens with one attached hydrogen (secondary N) is 1. The first kappa shape index (κ1) is 13.5. The molecule has 0 bridgehead atoms. The van der Waals surface area contributed by atoms with E-state index in [1.807, 2.05) is 5.38 Å². The van der Waals surface area contributed by atoms with Crippen LogP contribution in [0.1, 0.15) is 5.56 Å². The Morgan fingerprint density at radius 3 is 2.68 bits per heavy atom. The summed E-state index contributed by atoms with van der Waals surface area (Å²) in [5, 5.41) is 17.9. The Morgan fingerprint density at radius 2 is 2.05 bits per heavy atom. The molecule has 19 heavy (non-hydrogen) atoms. The van der Waals surface area contributed by atoms with Crippen molar-refractivity contribution in [2.45, 2.75) is 6.54 Å².